The van der Waals surface area contributed by atoms with Crippen molar-refractivity contribution in [2.75, 3.05) is 0 Å². The van der Waals surface area contributed by atoms with Gasteiger partial charge in [-0.3, -0.25) is 9.59 Å². The Kier molecular flexibility index (Phi) is 3.44. The number of rotatable bonds is 4. The minimum absolute atomic E-state index is 0.0738. The monoisotopic (exact) mass is 281 g/mol. The number of fused-ring (bicyclic) bond motifs is 1. The summed E-state index contributed by atoms with van der Waals surface area (Å²) in [4.78, 5) is 25.3. The Morgan fingerprint density at radius 1 is 1.05 bits per heavy atom. The summed E-state index contributed by atoms with van der Waals surface area (Å²) in [5.74, 6) is -0.997. The smallest absolute Gasteiger partial charge is 0.305 e. The van der Waals surface area contributed by atoms with Crippen LogP contribution in [0.2, 0.25) is 0 Å². The molecule has 2 aromatic rings. The molecule has 0 saturated carbocycles. The van der Waals surface area contributed by atoms with Crippen LogP contribution in [0.4, 0.5) is 0 Å². The number of hydrogen-bond donors (Lipinski definition) is 1. The fourth-order valence-corrected chi connectivity index (χ4v) is 2.79. The van der Waals surface area contributed by atoms with E-state index in [4.69, 9.17) is 5.11 Å². The highest BCUT2D eigenvalue weighted by Gasteiger charge is 2.37. The van der Waals surface area contributed by atoms with Gasteiger partial charge in [0, 0.05) is 12.1 Å². The van der Waals surface area contributed by atoms with Crippen molar-refractivity contribution in [2.24, 2.45) is 0 Å². The molecule has 1 atom stereocenters. The normalized spacial score (nSPS) is 16.9. The second-order valence-corrected chi connectivity index (χ2v) is 5.12. The molecule has 0 fully saturated rings. The van der Waals surface area contributed by atoms with Crippen LogP contribution in [0.15, 0.2) is 54.6 Å². The first-order valence-corrected chi connectivity index (χ1v) is 6.82. The quantitative estimate of drug-likeness (QED) is 0.937. The van der Waals surface area contributed by atoms with Crippen LogP contribution in [0.5, 0.6) is 0 Å². The molecule has 1 aliphatic rings. The lowest BCUT2D eigenvalue weighted by atomic mass is 10.0. The summed E-state index contributed by atoms with van der Waals surface area (Å²) in [6, 6.07) is 16.5. The molecule has 3 rings (SSSR count). The molecule has 0 spiro atoms. The number of hydrogen-bond acceptors (Lipinski definition) is 2. The highest BCUT2D eigenvalue weighted by atomic mass is 16.4. The third-order valence-electron chi connectivity index (χ3n) is 3.75. The van der Waals surface area contributed by atoms with Crippen LogP contribution < -0.4 is 0 Å². The van der Waals surface area contributed by atoms with Crippen molar-refractivity contribution in [1.29, 1.82) is 0 Å². The van der Waals surface area contributed by atoms with E-state index in [9.17, 15) is 9.59 Å². The molecule has 4 nitrogen and oxygen atoms in total. The van der Waals surface area contributed by atoms with Crippen LogP contribution >= 0.6 is 0 Å². The molecule has 1 N–H and O–H groups in total. The summed E-state index contributed by atoms with van der Waals surface area (Å²) in [6.07, 6.45) is -0.0738. The number of carboxylic acid groups (broad SMARTS) is 1. The molecule has 4 heteroatoms. The Bertz CT molecular complexity index is 681. The Balaban J connectivity index is 1.95. The van der Waals surface area contributed by atoms with Gasteiger partial charge in [-0.25, -0.2) is 0 Å². The first-order chi connectivity index (χ1) is 10.2. The van der Waals surface area contributed by atoms with Gasteiger partial charge in [-0.15, -0.1) is 0 Å². The molecule has 0 bridgehead atoms. The third-order valence-corrected chi connectivity index (χ3v) is 3.75. The fourth-order valence-electron chi connectivity index (χ4n) is 2.79. The van der Waals surface area contributed by atoms with E-state index >= 15 is 0 Å². The Morgan fingerprint density at radius 2 is 1.71 bits per heavy atom. The van der Waals surface area contributed by atoms with Gasteiger partial charge in [0.2, 0.25) is 0 Å². The van der Waals surface area contributed by atoms with Gasteiger partial charge in [0.25, 0.3) is 5.91 Å². The molecule has 1 heterocycles. The molecular weight excluding hydrogens is 266 g/mol. The van der Waals surface area contributed by atoms with Gasteiger partial charge in [0.05, 0.1) is 12.5 Å². The highest BCUT2D eigenvalue weighted by Crippen LogP contribution is 2.36. The maximum atomic E-state index is 12.5. The van der Waals surface area contributed by atoms with Crippen LogP contribution in [-0.4, -0.2) is 21.9 Å². The topological polar surface area (TPSA) is 57.6 Å². The van der Waals surface area contributed by atoms with Gasteiger partial charge in [0.1, 0.15) is 0 Å². The molecule has 0 saturated heterocycles. The number of amides is 1. The van der Waals surface area contributed by atoms with Crippen molar-refractivity contribution in [3.8, 4) is 0 Å². The van der Waals surface area contributed by atoms with Crippen molar-refractivity contribution in [1.82, 2.24) is 4.90 Å². The van der Waals surface area contributed by atoms with E-state index in [1.807, 2.05) is 42.5 Å². The van der Waals surface area contributed by atoms with Gasteiger partial charge >= 0.3 is 5.97 Å². The Hall–Kier alpha value is -2.62. The Morgan fingerprint density at radius 3 is 2.43 bits per heavy atom. The Labute approximate surface area is 122 Å². The predicted octanol–water partition coefficient (Wildman–Crippen LogP) is 2.86. The fraction of sp³-hybridized carbons (Fsp3) is 0.176. The lowest BCUT2D eigenvalue weighted by molar-refractivity contribution is -0.138. The van der Waals surface area contributed by atoms with Gasteiger partial charge in [0.15, 0.2) is 0 Å². The van der Waals surface area contributed by atoms with Crippen molar-refractivity contribution >= 4 is 11.9 Å². The summed E-state index contributed by atoms with van der Waals surface area (Å²) in [5.41, 5.74) is 2.41. The van der Waals surface area contributed by atoms with Gasteiger partial charge < -0.3 is 10.0 Å². The zero-order chi connectivity index (χ0) is 14.8. The first kappa shape index (κ1) is 13.4. The van der Waals surface area contributed by atoms with Crippen molar-refractivity contribution in [3.05, 3.63) is 71.3 Å². The van der Waals surface area contributed by atoms with E-state index in [0.717, 1.165) is 11.1 Å². The molecule has 0 radical (unpaired) electrons. The molecule has 1 amide bonds. The second-order valence-electron chi connectivity index (χ2n) is 5.12. The molecule has 0 aromatic heterocycles. The van der Waals surface area contributed by atoms with E-state index in [2.05, 4.69) is 0 Å². The largest absolute Gasteiger partial charge is 0.481 e. The third kappa shape index (κ3) is 2.52. The summed E-state index contributed by atoms with van der Waals surface area (Å²) in [6.45, 7) is 0.423. The minimum atomic E-state index is -0.900. The number of carboxylic acids is 1. The second kappa shape index (κ2) is 5.40. The molecular formula is C17H15NO3. The van der Waals surface area contributed by atoms with Crippen LogP contribution in [0.25, 0.3) is 0 Å². The first-order valence-electron chi connectivity index (χ1n) is 6.82. The lowest BCUT2D eigenvalue weighted by Crippen LogP contribution is -2.29. The average Bonchev–Trinajstić information content (AvgIpc) is 2.74. The maximum Gasteiger partial charge on any atom is 0.305 e. The van der Waals surface area contributed by atoms with Crippen molar-refractivity contribution in [2.45, 2.75) is 19.0 Å². The summed E-state index contributed by atoms with van der Waals surface area (Å²) in [5, 5.41) is 9.13. The molecule has 1 aliphatic heterocycles. The zero-order valence-electron chi connectivity index (χ0n) is 11.4. The van der Waals surface area contributed by atoms with E-state index in [1.165, 1.54) is 0 Å². The van der Waals surface area contributed by atoms with E-state index in [-0.39, 0.29) is 12.3 Å². The number of nitrogens with zero attached hydrogens (tertiary/aromatic N) is 1. The number of benzene rings is 2. The lowest BCUT2D eigenvalue weighted by Gasteiger charge is -2.24. The molecule has 2 aromatic carbocycles. The SMILES string of the molecule is O=C(O)CC1c2ccccc2C(=O)N1Cc1ccccc1. The van der Waals surface area contributed by atoms with E-state index in [1.54, 1.807) is 17.0 Å². The van der Waals surface area contributed by atoms with Crippen LogP contribution in [0.3, 0.4) is 0 Å². The predicted molar refractivity (Wildman–Crippen MR) is 77.8 cm³/mol. The van der Waals surface area contributed by atoms with Crippen molar-refractivity contribution < 1.29 is 14.7 Å². The van der Waals surface area contributed by atoms with E-state index in [0.29, 0.717) is 12.1 Å². The number of carbonyl (C=O) groups is 2. The van der Waals surface area contributed by atoms with Gasteiger partial charge in [-0.1, -0.05) is 48.5 Å². The zero-order valence-corrected chi connectivity index (χ0v) is 11.4. The highest BCUT2D eigenvalue weighted by molar-refractivity contribution is 5.99. The molecule has 106 valence electrons. The van der Waals surface area contributed by atoms with Gasteiger partial charge in [-0.2, -0.15) is 0 Å². The molecule has 0 aliphatic carbocycles. The maximum absolute atomic E-state index is 12.5. The van der Waals surface area contributed by atoms with Crippen molar-refractivity contribution in [3.63, 3.8) is 0 Å². The summed E-state index contributed by atoms with van der Waals surface area (Å²) >= 11 is 0. The molecule has 1 unspecified atom stereocenters. The van der Waals surface area contributed by atoms with E-state index < -0.39 is 12.0 Å². The number of aliphatic carboxylic acids is 1. The van der Waals surface area contributed by atoms with Crippen LogP contribution in [-0.2, 0) is 11.3 Å². The summed E-state index contributed by atoms with van der Waals surface area (Å²) in [7, 11) is 0. The van der Waals surface area contributed by atoms with Crippen LogP contribution in [0, 0.1) is 0 Å². The van der Waals surface area contributed by atoms with Gasteiger partial charge in [-0.05, 0) is 17.2 Å². The minimum Gasteiger partial charge on any atom is -0.481 e. The number of carbonyl (C=O) groups excluding carboxylic acids is 1. The van der Waals surface area contributed by atoms with Crippen LogP contribution in [0.1, 0.15) is 33.9 Å². The standard InChI is InChI=1S/C17H15NO3/c19-16(20)10-15-13-8-4-5-9-14(13)17(21)18(15)11-12-6-2-1-3-7-12/h1-9,15H,10-11H2,(H,19,20). The molecule has 21 heavy (non-hydrogen) atoms. The summed E-state index contributed by atoms with van der Waals surface area (Å²) < 4.78 is 0. The average molecular weight is 281 g/mol.